The lowest BCUT2D eigenvalue weighted by atomic mass is 10.1. The molecule has 1 heterocycles. The van der Waals surface area contributed by atoms with Gasteiger partial charge in [-0.05, 0) is 29.8 Å². The normalized spacial score (nSPS) is 11.9. The van der Waals surface area contributed by atoms with E-state index in [1.165, 1.54) is 0 Å². The second kappa shape index (κ2) is 7.44. The van der Waals surface area contributed by atoms with Crippen LogP contribution in [0.1, 0.15) is 16.1 Å². The van der Waals surface area contributed by atoms with Crippen LogP contribution in [0, 0.1) is 0 Å². The zero-order valence-electron chi connectivity index (χ0n) is 13.3. The van der Waals surface area contributed by atoms with Crippen LogP contribution in [-0.4, -0.2) is 22.8 Å². The highest BCUT2D eigenvalue weighted by Gasteiger charge is 2.20. The van der Waals surface area contributed by atoms with Crippen LogP contribution in [0.3, 0.4) is 0 Å². The van der Waals surface area contributed by atoms with Crippen LogP contribution in [0.2, 0.25) is 0 Å². The number of carbonyl (C=O) groups is 2. The molecule has 3 aromatic rings. The third-order valence-electron chi connectivity index (χ3n) is 3.81. The highest BCUT2D eigenvalue weighted by molar-refractivity contribution is 9.10. The first kappa shape index (κ1) is 17.1. The molecular formula is C19H16BrN3O2. The Hall–Kier alpha value is -2.73. The van der Waals surface area contributed by atoms with Crippen molar-refractivity contribution in [3.05, 3.63) is 76.4 Å². The second-order valence-electron chi connectivity index (χ2n) is 5.65. The zero-order chi connectivity index (χ0) is 17.8. The van der Waals surface area contributed by atoms with E-state index in [-0.39, 0.29) is 5.69 Å². The quantitative estimate of drug-likeness (QED) is 0.693. The minimum Gasteiger partial charge on any atom is -0.368 e. The molecule has 1 atom stereocenters. The number of hydrogen-bond donors (Lipinski definition) is 2. The molecule has 0 aliphatic heterocycles. The van der Waals surface area contributed by atoms with Crippen LogP contribution in [0.25, 0.3) is 10.9 Å². The standard InChI is InChI=1S/C19H16BrN3O2/c20-14-6-3-4-12(10-14)11-17(18(21)24)23-19(25)16-9-8-13-5-1-2-7-15(13)22-16/h1-10,17H,11H2,(H2,21,24)(H,23,25)/t17-/m1/s1. The molecule has 0 bridgehead atoms. The average molecular weight is 398 g/mol. The fourth-order valence-electron chi connectivity index (χ4n) is 2.55. The summed E-state index contributed by atoms with van der Waals surface area (Å²) in [6, 6.07) is 17.7. The van der Waals surface area contributed by atoms with E-state index in [1.54, 1.807) is 6.07 Å². The van der Waals surface area contributed by atoms with E-state index in [9.17, 15) is 9.59 Å². The average Bonchev–Trinajstić information content (AvgIpc) is 2.60. The van der Waals surface area contributed by atoms with Crippen molar-refractivity contribution in [2.24, 2.45) is 5.73 Å². The number of carbonyl (C=O) groups excluding carboxylic acids is 2. The maximum absolute atomic E-state index is 12.5. The zero-order valence-corrected chi connectivity index (χ0v) is 14.9. The molecule has 0 saturated heterocycles. The smallest absolute Gasteiger partial charge is 0.270 e. The van der Waals surface area contributed by atoms with Crippen molar-refractivity contribution >= 4 is 38.6 Å². The SMILES string of the molecule is NC(=O)[C@@H](Cc1cccc(Br)c1)NC(=O)c1ccc2ccccc2n1. The number of rotatable bonds is 5. The topological polar surface area (TPSA) is 85.1 Å². The largest absolute Gasteiger partial charge is 0.368 e. The number of fused-ring (bicyclic) bond motifs is 1. The number of para-hydroxylation sites is 1. The predicted molar refractivity (Wildman–Crippen MR) is 100 cm³/mol. The number of halogens is 1. The van der Waals surface area contributed by atoms with E-state index >= 15 is 0 Å². The summed E-state index contributed by atoms with van der Waals surface area (Å²) in [4.78, 5) is 28.6. The molecule has 3 rings (SSSR count). The monoisotopic (exact) mass is 397 g/mol. The third-order valence-corrected chi connectivity index (χ3v) is 4.30. The summed E-state index contributed by atoms with van der Waals surface area (Å²) in [5.41, 5.74) is 7.32. The van der Waals surface area contributed by atoms with Gasteiger partial charge in [0.25, 0.3) is 5.91 Å². The maximum Gasteiger partial charge on any atom is 0.270 e. The highest BCUT2D eigenvalue weighted by Crippen LogP contribution is 2.14. The Morgan fingerprint density at radius 2 is 1.88 bits per heavy atom. The van der Waals surface area contributed by atoms with Crippen LogP contribution in [0.4, 0.5) is 0 Å². The molecule has 25 heavy (non-hydrogen) atoms. The molecule has 0 unspecified atom stereocenters. The van der Waals surface area contributed by atoms with Gasteiger partial charge in [-0.15, -0.1) is 0 Å². The minimum atomic E-state index is -0.810. The molecular weight excluding hydrogens is 382 g/mol. The molecule has 3 N–H and O–H groups in total. The molecule has 126 valence electrons. The van der Waals surface area contributed by atoms with E-state index < -0.39 is 17.9 Å². The van der Waals surface area contributed by atoms with Gasteiger partial charge in [0.15, 0.2) is 0 Å². The first-order valence-corrected chi connectivity index (χ1v) is 8.52. The Kier molecular flexibility index (Phi) is 5.09. The molecule has 5 nitrogen and oxygen atoms in total. The summed E-state index contributed by atoms with van der Waals surface area (Å²) in [5, 5.41) is 3.62. The van der Waals surface area contributed by atoms with Crippen molar-refractivity contribution in [2.75, 3.05) is 0 Å². The molecule has 0 saturated carbocycles. The van der Waals surface area contributed by atoms with Gasteiger partial charge < -0.3 is 11.1 Å². The Bertz CT molecular complexity index is 943. The molecule has 2 aromatic carbocycles. The molecule has 2 amide bonds. The van der Waals surface area contributed by atoms with E-state index in [0.717, 1.165) is 20.9 Å². The van der Waals surface area contributed by atoms with Crippen LogP contribution in [0.5, 0.6) is 0 Å². The van der Waals surface area contributed by atoms with Crippen molar-refractivity contribution in [2.45, 2.75) is 12.5 Å². The van der Waals surface area contributed by atoms with E-state index in [2.05, 4.69) is 26.2 Å². The maximum atomic E-state index is 12.5. The molecule has 0 aliphatic carbocycles. The number of nitrogens with one attached hydrogen (secondary N) is 1. The molecule has 6 heteroatoms. The van der Waals surface area contributed by atoms with Gasteiger partial charge in [-0.25, -0.2) is 4.98 Å². The van der Waals surface area contributed by atoms with Gasteiger partial charge in [-0.3, -0.25) is 9.59 Å². The highest BCUT2D eigenvalue weighted by atomic mass is 79.9. The van der Waals surface area contributed by atoms with Crippen molar-refractivity contribution in [3.63, 3.8) is 0 Å². The van der Waals surface area contributed by atoms with Gasteiger partial charge in [0, 0.05) is 16.3 Å². The van der Waals surface area contributed by atoms with Crippen molar-refractivity contribution in [3.8, 4) is 0 Å². The lowest BCUT2D eigenvalue weighted by Crippen LogP contribution is -2.46. The first-order chi connectivity index (χ1) is 12.0. The number of hydrogen-bond acceptors (Lipinski definition) is 3. The Morgan fingerprint density at radius 3 is 2.64 bits per heavy atom. The number of amides is 2. The van der Waals surface area contributed by atoms with Gasteiger partial charge in [0.1, 0.15) is 11.7 Å². The second-order valence-corrected chi connectivity index (χ2v) is 6.57. The fraction of sp³-hybridized carbons (Fsp3) is 0.105. The number of nitrogens with zero attached hydrogens (tertiary/aromatic N) is 1. The van der Waals surface area contributed by atoms with Crippen LogP contribution in [-0.2, 0) is 11.2 Å². The number of primary amides is 1. The predicted octanol–water partition coefficient (Wildman–Crippen LogP) is 2.82. The number of pyridine rings is 1. The Balaban J connectivity index is 1.78. The molecule has 0 fully saturated rings. The molecule has 1 aromatic heterocycles. The number of aromatic nitrogens is 1. The van der Waals surface area contributed by atoms with Crippen LogP contribution in [0.15, 0.2) is 65.1 Å². The minimum absolute atomic E-state index is 0.249. The van der Waals surface area contributed by atoms with Gasteiger partial charge in [0.2, 0.25) is 5.91 Å². The van der Waals surface area contributed by atoms with Gasteiger partial charge in [0.05, 0.1) is 5.52 Å². The van der Waals surface area contributed by atoms with E-state index in [4.69, 9.17) is 5.73 Å². The van der Waals surface area contributed by atoms with E-state index in [1.807, 2.05) is 54.6 Å². The van der Waals surface area contributed by atoms with Crippen molar-refractivity contribution < 1.29 is 9.59 Å². The van der Waals surface area contributed by atoms with E-state index in [0.29, 0.717) is 6.42 Å². The lowest BCUT2D eigenvalue weighted by Gasteiger charge is -2.15. The number of nitrogens with two attached hydrogens (primary N) is 1. The summed E-state index contributed by atoms with van der Waals surface area (Å²) in [6.45, 7) is 0. The fourth-order valence-corrected chi connectivity index (χ4v) is 2.99. The third kappa shape index (κ3) is 4.22. The summed E-state index contributed by atoms with van der Waals surface area (Å²) >= 11 is 3.39. The van der Waals surface area contributed by atoms with Gasteiger partial charge in [-0.1, -0.05) is 52.3 Å². The van der Waals surface area contributed by atoms with Gasteiger partial charge >= 0.3 is 0 Å². The number of benzene rings is 2. The van der Waals surface area contributed by atoms with Crippen LogP contribution < -0.4 is 11.1 Å². The summed E-state index contributed by atoms with van der Waals surface area (Å²) in [6.07, 6.45) is 0.314. The van der Waals surface area contributed by atoms with Crippen LogP contribution >= 0.6 is 15.9 Å². The van der Waals surface area contributed by atoms with Crippen molar-refractivity contribution in [1.29, 1.82) is 0 Å². The molecule has 0 spiro atoms. The Labute approximate surface area is 153 Å². The molecule has 0 radical (unpaired) electrons. The molecule has 0 aliphatic rings. The Morgan fingerprint density at radius 1 is 1.08 bits per heavy atom. The first-order valence-electron chi connectivity index (χ1n) is 7.73. The summed E-state index contributed by atoms with van der Waals surface area (Å²) < 4.78 is 0.899. The summed E-state index contributed by atoms with van der Waals surface area (Å²) in [5.74, 6) is -1.02. The summed E-state index contributed by atoms with van der Waals surface area (Å²) in [7, 11) is 0. The van der Waals surface area contributed by atoms with Crippen molar-refractivity contribution in [1.82, 2.24) is 10.3 Å². The van der Waals surface area contributed by atoms with Gasteiger partial charge in [-0.2, -0.15) is 0 Å². The lowest BCUT2D eigenvalue weighted by molar-refractivity contribution is -0.119.